The average Bonchev–Trinajstić information content (AvgIpc) is 3.30. The largest absolute Gasteiger partial charge is 0.493 e. The van der Waals surface area contributed by atoms with Gasteiger partial charge in [0.25, 0.3) is 5.91 Å². The summed E-state index contributed by atoms with van der Waals surface area (Å²) in [6.07, 6.45) is 2.87. The molecule has 0 saturated carbocycles. The number of carbonyl (C=O) groups is 1. The Bertz CT molecular complexity index is 1760. The van der Waals surface area contributed by atoms with Gasteiger partial charge in [0.1, 0.15) is 0 Å². The van der Waals surface area contributed by atoms with E-state index in [2.05, 4.69) is 5.32 Å². The van der Waals surface area contributed by atoms with Crippen molar-refractivity contribution in [2.24, 2.45) is 0 Å². The molecule has 0 fully saturated rings. The highest BCUT2D eigenvalue weighted by Crippen LogP contribution is 2.50. The van der Waals surface area contributed by atoms with Crippen LogP contribution in [0.15, 0.2) is 82.5 Å². The Morgan fingerprint density at radius 1 is 0.933 bits per heavy atom. The van der Waals surface area contributed by atoms with Crippen molar-refractivity contribution in [2.45, 2.75) is 30.4 Å². The van der Waals surface area contributed by atoms with Crippen molar-refractivity contribution in [1.82, 2.24) is 10.7 Å². The summed E-state index contributed by atoms with van der Waals surface area (Å²) in [7, 11) is 4.67. The number of aryl methyl sites for hydroxylation is 1. The molecule has 1 aliphatic carbocycles. The van der Waals surface area contributed by atoms with Crippen LogP contribution in [0.1, 0.15) is 39.5 Å². The molecule has 1 atom stereocenters. The lowest BCUT2D eigenvalue weighted by Gasteiger charge is -2.21. The van der Waals surface area contributed by atoms with Gasteiger partial charge in [-0.2, -0.15) is 0 Å². The van der Waals surface area contributed by atoms with Gasteiger partial charge < -0.3 is 19.5 Å². The number of thioether (sulfide) groups is 1. The van der Waals surface area contributed by atoms with E-state index < -0.39 is 6.04 Å². The number of amides is 1. The molecule has 1 amide bonds. The molecular formula is C34H34N2O8S. The fraction of sp³-hybridized carbons (Fsp3) is 0.235. The van der Waals surface area contributed by atoms with E-state index in [1.807, 2.05) is 48.7 Å². The Balaban J connectivity index is 1.65. The maximum absolute atomic E-state index is 14.2. The second kappa shape index (κ2) is 14.1. The van der Waals surface area contributed by atoms with Gasteiger partial charge in [0, 0.05) is 11.1 Å². The van der Waals surface area contributed by atoms with Crippen molar-refractivity contribution < 1.29 is 34.3 Å². The molecule has 11 heteroatoms. The normalized spacial score (nSPS) is 13.8. The molecule has 5 rings (SSSR count). The molecule has 234 valence electrons. The van der Waals surface area contributed by atoms with Crippen molar-refractivity contribution in [3.05, 3.63) is 105 Å². The molecule has 0 unspecified atom stereocenters. The summed E-state index contributed by atoms with van der Waals surface area (Å²) in [5.41, 5.74) is 5.34. The average molecular weight is 631 g/mol. The van der Waals surface area contributed by atoms with E-state index in [9.17, 15) is 9.59 Å². The third-order valence-corrected chi connectivity index (χ3v) is 8.56. The zero-order chi connectivity index (χ0) is 32.1. The minimum atomic E-state index is -0.551. The number of carbonyl (C=O) groups excluding carboxylic acids is 1. The highest BCUT2D eigenvalue weighted by Gasteiger charge is 2.30. The number of methoxy groups -OCH3 is 3. The molecule has 0 aromatic heterocycles. The number of fused-ring (bicyclic) bond motifs is 3. The summed E-state index contributed by atoms with van der Waals surface area (Å²) < 4.78 is 17.2. The first-order chi connectivity index (χ1) is 21.8. The number of nitrogens with zero attached hydrogens (tertiary/aromatic N) is 1. The topological polar surface area (TPSA) is 127 Å². The van der Waals surface area contributed by atoms with Crippen LogP contribution in [0.25, 0.3) is 22.3 Å². The van der Waals surface area contributed by atoms with E-state index >= 15 is 0 Å². The molecule has 0 saturated heterocycles. The van der Waals surface area contributed by atoms with E-state index in [0.717, 1.165) is 22.3 Å². The molecule has 0 heterocycles. The molecular weight excluding hydrogens is 596 g/mol. The maximum Gasteiger partial charge on any atom is 0.252 e. The first kappa shape index (κ1) is 32.0. The van der Waals surface area contributed by atoms with Gasteiger partial charge in [0.2, 0.25) is 5.75 Å². The lowest BCUT2D eigenvalue weighted by Crippen LogP contribution is -2.29. The highest BCUT2D eigenvalue weighted by molar-refractivity contribution is 7.98. The minimum absolute atomic E-state index is 0.160. The maximum atomic E-state index is 14.2. The Morgan fingerprint density at radius 2 is 1.67 bits per heavy atom. The first-order valence-electron chi connectivity index (χ1n) is 14.1. The number of nitrogens with one attached hydrogen (secondary N) is 1. The van der Waals surface area contributed by atoms with Crippen LogP contribution >= 0.6 is 11.8 Å². The van der Waals surface area contributed by atoms with Gasteiger partial charge in [-0.25, -0.2) is 4.84 Å². The third kappa shape index (κ3) is 6.68. The minimum Gasteiger partial charge on any atom is -0.493 e. The van der Waals surface area contributed by atoms with Crippen LogP contribution < -0.4 is 25.0 Å². The van der Waals surface area contributed by atoms with Gasteiger partial charge in [-0.05, 0) is 76.7 Å². The van der Waals surface area contributed by atoms with Crippen molar-refractivity contribution in [3.8, 4) is 39.5 Å². The summed E-state index contributed by atoms with van der Waals surface area (Å²) in [6.45, 7) is -0.180. The molecule has 10 nitrogen and oxygen atoms in total. The predicted octanol–water partition coefficient (Wildman–Crippen LogP) is 6.06. The lowest BCUT2D eigenvalue weighted by molar-refractivity contribution is -0.497. The fourth-order valence-electron chi connectivity index (χ4n) is 5.72. The third-order valence-electron chi connectivity index (χ3n) is 7.79. The van der Waals surface area contributed by atoms with Crippen LogP contribution in [0, 0.1) is 0 Å². The number of benzene rings is 3. The molecule has 45 heavy (non-hydrogen) atoms. The summed E-state index contributed by atoms with van der Waals surface area (Å²) in [4.78, 5) is 32.9. The zero-order valence-corrected chi connectivity index (χ0v) is 26.1. The molecule has 4 aromatic rings. The summed E-state index contributed by atoms with van der Waals surface area (Å²) >= 11 is 1.35. The molecule has 0 radical (unpaired) electrons. The SMILES string of the molecule is COc1cc2c(c(OC)c1OC)-c1ccc(SC)c(=O)cc1[C@@H](NC(=O)c1cc(CON(O)O)ccc1-c1ccccc1)CC2. The van der Waals surface area contributed by atoms with E-state index in [0.29, 0.717) is 57.2 Å². The lowest BCUT2D eigenvalue weighted by atomic mass is 9.94. The van der Waals surface area contributed by atoms with Crippen molar-refractivity contribution in [3.63, 3.8) is 0 Å². The van der Waals surface area contributed by atoms with E-state index in [1.165, 1.54) is 11.8 Å². The van der Waals surface area contributed by atoms with Gasteiger partial charge in [-0.3, -0.25) is 20.0 Å². The second-order valence-electron chi connectivity index (χ2n) is 10.3. The number of rotatable bonds is 10. The molecule has 1 aliphatic rings. The zero-order valence-electron chi connectivity index (χ0n) is 25.3. The summed E-state index contributed by atoms with van der Waals surface area (Å²) in [5.74, 6) is 1.06. The van der Waals surface area contributed by atoms with Crippen molar-refractivity contribution in [2.75, 3.05) is 27.6 Å². The van der Waals surface area contributed by atoms with Crippen LogP contribution in [0.5, 0.6) is 17.2 Å². The first-order valence-corrected chi connectivity index (χ1v) is 15.4. The van der Waals surface area contributed by atoms with Crippen molar-refractivity contribution >= 4 is 17.7 Å². The number of hydrogen-bond donors (Lipinski definition) is 3. The van der Waals surface area contributed by atoms with E-state index in [4.69, 9.17) is 29.5 Å². The standard InChI is InChI=1S/C34H34N2O8S/c1-41-29-17-22-11-14-27(25-18-28(37)30(45-4)15-13-24(25)31(22)33(43-3)32(29)42-2)35-34(38)26-16-20(19-44-36(39)40)10-12-23(26)21-8-6-5-7-9-21/h5-10,12-13,15-18,27,39-40H,11,14,19H2,1-4H3,(H,35,38)/t27-/m0/s1. The molecule has 0 spiro atoms. The van der Waals surface area contributed by atoms with E-state index in [-0.39, 0.29) is 23.3 Å². The van der Waals surface area contributed by atoms with Gasteiger partial charge in [0.05, 0.1) is 44.3 Å². The highest BCUT2D eigenvalue weighted by atomic mass is 32.2. The smallest absolute Gasteiger partial charge is 0.252 e. The van der Waals surface area contributed by atoms with Gasteiger partial charge in [-0.15, -0.1) is 11.8 Å². The quantitative estimate of drug-likeness (QED) is 0.141. The Morgan fingerprint density at radius 3 is 2.33 bits per heavy atom. The Labute approximate surface area is 265 Å². The molecule has 0 bridgehead atoms. The fourth-order valence-corrected chi connectivity index (χ4v) is 6.19. The van der Waals surface area contributed by atoms with Crippen LogP contribution in [0.4, 0.5) is 0 Å². The molecule has 3 N–H and O–H groups in total. The Kier molecular flexibility index (Phi) is 10.1. The van der Waals surface area contributed by atoms with Crippen molar-refractivity contribution in [1.29, 1.82) is 0 Å². The van der Waals surface area contributed by atoms with Gasteiger partial charge in [0.15, 0.2) is 16.9 Å². The second-order valence-corrected chi connectivity index (χ2v) is 11.1. The summed E-state index contributed by atoms with van der Waals surface area (Å²) in [6, 6.07) is 21.3. The van der Waals surface area contributed by atoms with Crippen LogP contribution in [-0.4, -0.2) is 49.3 Å². The van der Waals surface area contributed by atoms with Gasteiger partial charge >= 0.3 is 0 Å². The predicted molar refractivity (Wildman–Crippen MR) is 170 cm³/mol. The van der Waals surface area contributed by atoms with Crippen LogP contribution in [-0.2, 0) is 17.9 Å². The van der Waals surface area contributed by atoms with E-state index in [1.54, 1.807) is 51.7 Å². The monoisotopic (exact) mass is 630 g/mol. The number of ether oxygens (including phenoxy) is 3. The van der Waals surface area contributed by atoms with Gasteiger partial charge in [-0.1, -0.05) is 48.5 Å². The Hall–Kier alpha value is -4.39. The molecule has 4 aromatic carbocycles. The van der Waals surface area contributed by atoms with Crippen LogP contribution in [0.2, 0.25) is 0 Å². The molecule has 0 aliphatic heterocycles. The summed E-state index contributed by atoms with van der Waals surface area (Å²) in [5, 5.41) is 20.9. The van der Waals surface area contributed by atoms with Crippen LogP contribution in [0.3, 0.4) is 0 Å². The number of hydrogen-bond acceptors (Lipinski definition) is 10.